The quantitative estimate of drug-likeness (QED) is 0.791. The molecule has 106 valence electrons. The molecule has 0 bridgehead atoms. The van der Waals surface area contributed by atoms with Crippen molar-refractivity contribution in [2.24, 2.45) is 0 Å². The van der Waals surface area contributed by atoms with Crippen molar-refractivity contribution in [3.8, 4) is 11.5 Å². The third kappa shape index (κ3) is 4.27. The maximum Gasteiger partial charge on any atom is 0.329 e. The summed E-state index contributed by atoms with van der Waals surface area (Å²) in [6.07, 6.45) is -1.05. The normalized spacial score (nSPS) is 12.0. The van der Waals surface area contributed by atoms with Gasteiger partial charge in [0.15, 0.2) is 11.5 Å². The van der Waals surface area contributed by atoms with Gasteiger partial charge in [-0.3, -0.25) is 0 Å². The lowest BCUT2D eigenvalue weighted by molar-refractivity contribution is -0.143. The molecule has 19 heavy (non-hydrogen) atoms. The van der Waals surface area contributed by atoms with Crippen molar-refractivity contribution in [2.45, 2.75) is 6.10 Å². The van der Waals surface area contributed by atoms with Gasteiger partial charge in [0.05, 0.1) is 25.8 Å². The first kappa shape index (κ1) is 15.6. The third-order valence-electron chi connectivity index (χ3n) is 2.36. The summed E-state index contributed by atoms with van der Waals surface area (Å²) in [6.45, 7) is -0.663. The average molecular weight is 291 g/mol. The highest BCUT2D eigenvalue weighted by molar-refractivity contribution is 6.31. The van der Waals surface area contributed by atoms with Gasteiger partial charge in [-0.1, -0.05) is 11.6 Å². The first-order chi connectivity index (χ1) is 8.99. The second-order valence-corrected chi connectivity index (χ2v) is 4.06. The van der Waals surface area contributed by atoms with Crippen LogP contribution in [0.2, 0.25) is 5.02 Å². The van der Waals surface area contributed by atoms with Gasteiger partial charge in [-0.15, -0.1) is 0 Å². The minimum Gasteiger partial charge on any atom is -0.493 e. The van der Waals surface area contributed by atoms with Gasteiger partial charge >= 0.3 is 5.97 Å². The number of hydrogen-bond acceptors (Lipinski definition) is 5. The smallest absolute Gasteiger partial charge is 0.329 e. The monoisotopic (exact) mass is 290 g/mol. The SMILES string of the molecule is COc1cc(Cl)c(C(O)COCC(=O)O)cc1OC. The van der Waals surface area contributed by atoms with E-state index in [4.69, 9.17) is 30.9 Å². The number of ether oxygens (including phenoxy) is 3. The topological polar surface area (TPSA) is 85.2 Å². The van der Waals surface area contributed by atoms with Crippen molar-refractivity contribution in [2.75, 3.05) is 27.4 Å². The summed E-state index contributed by atoms with van der Waals surface area (Å²) in [5.74, 6) is -0.250. The van der Waals surface area contributed by atoms with E-state index in [1.165, 1.54) is 26.4 Å². The summed E-state index contributed by atoms with van der Waals surface area (Å²) in [6, 6.07) is 3.03. The van der Waals surface area contributed by atoms with Crippen molar-refractivity contribution in [1.82, 2.24) is 0 Å². The molecule has 0 radical (unpaired) electrons. The number of methoxy groups -OCH3 is 2. The molecule has 1 aromatic carbocycles. The molecule has 0 aliphatic heterocycles. The lowest BCUT2D eigenvalue weighted by atomic mass is 10.1. The van der Waals surface area contributed by atoms with Gasteiger partial charge in [0.2, 0.25) is 0 Å². The van der Waals surface area contributed by atoms with E-state index in [2.05, 4.69) is 0 Å². The summed E-state index contributed by atoms with van der Waals surface area (Å²) in [7, 11) is 2.93. The summed E-state index contributed by atoms with van der Waals surface area (Å²) < 4.78 is 15.0. The molecular formula is C12H15ClO6. The van der Waals surface area contributed by atoms with Crippen LogP contribution in [0, 0.1) is 0 Å². The molecule has 1 unspecified atom stereocenters. The highest BCUT2D eigenvalue weighted by atomic mass is 35.5. The minimum atomic E-state index is -1.11. The number of aliphatic carboxylic acids is 1. The van der Waals surface area contributed by atoms with Gasteiger partial charge in [0, 0.05) is 11.6 Å². The molecule has 0 saturated heterocycles. The Morgan fingerprint density at radius 2 is 1.89 bits per heavy atom. The summed E-state index contributed by atoms with van der Waals surface area (Å²) in [5, 5.41) is 18.6. The lowest BCUT2D eigenvalue weighted by Crippen LogP contribution is -2.13. The number of hydrogen-bond donors (Lipinski definition) is 2. The van der Waals surface area contributed by atoms with Crippen LogP contribution in [0.4, 0.5) is 0 Å². The number of rotatable bonds is 7. The molecule has 0 saturated carbocycles. The molecule has 0 amide bonds. The number of carboxylic acid groups (broad SMARTS) is 1. The summed E-state index contributed by atoms with van der Waals surface area (Å²) in [4.78, 5) is 10.3. The van der Waals surface area contributed by atoms with Gasteiger partial charge < -0.3 is 24.4 Å². The molecule has 0 fully saturated rings. The Morgan fingerprint density at radius 3 is 2.42 bits per heavy atom. The Hall–Kier alpha value is -1.50. The number of aliphatic hydroxyl groups is 1. The standard InChI is InChI=1S/C12H15ClO6/c1-17-10-3-7(8(13)4-11(10)18-2)9(14)5-19-6-12(15)16/h3-4,9,14H,5-6H2,1-2H3,(H,15,16). The molecule has 0 aromatic heterocycles. The zero-order chi connectivity index (χ0) is 14.4. The first-order valence-corrected chi connectivity index (χ1v) is 5.76. The summed E-state index contributed by atoms with van der Waals surface area (Å²) >= 11 is 6.01. The van der Waals surface area contributed by atoms with E-state index in [0.717, 1.165) is 0 Å². The van der Waals surface area contributed by atoms with Crippen LogP contribution < -0.4 is 9.47 Å². The van der Waals surface area contributed by atoms with Crippen molar-refractivity contribution >= 4 is 17.6 Å². The van der Waals surface area contributed by atoms with Crippen LogP contribution in [0.3, 0.4) is 0 Å². The molecule has 2 N–H and O–H groups in total. The predicted octanol–water partition coefficient (Wildman–Crippen LogP) is 1.49. The first-order valence-electron chi connectivity index (χ1n) is 5.38. The highest BCUT2D eigenvalue weighted by Gasteiger charge is 2.17. The van der Waals surface area contributed by atoms with Crippen molar-refractivity contribution in [3.63, 3.8) is 0 Å². The largest absolute Gasteiger partial charge is 0.493 e. The van der Waals surface area contributed by atoms with Crippen LogP contribution in [0.1, 0.15) is 11.7 Å². The fourth-order valence-electron chi connectivity index (χ4n) is 1.47. The maximum absolute atomic E-state index is 10.3. The van der Waals surface area contributed by atoms with Gasteiger partial charge in [-0.05, 0) is 6.07 Å². The second kappa shape index (κ2) is 7.18. The van der Waals surface area contributed by atoms with Gasteiger partial charge in [0.25, 0.3) is 0 Å². The molecule has 6 nitrogen and oxygen atoms in total. The third-order valence-corrected chi connectivity index (χ3v) is 2.69. The van der Waals surface area contributed by atoms with E-state index in [9.17, 15) is 9.90 Å². The predicted molar refractivity (Wildman–Crippen MR) is 68.0 cm³/mol. The van der Waals surface area contributed by atoms with E-state index in [0.29, 0.717) is 17.1 Å². The number of aliphatic hydroxyl groups excluding tert-OH is 1. The number of carboxylic acids is 1. The van der Waals surface area contributed by atoms with E-state index in [-0.39, 0.29) is 11.6 Å². The van der Waals surface area contributed by atoms with Crippen molar-refractivity contribution in [1.29, 1.82) is 0 Å². The molecule has 7 heteroatoms. The number of carbonyl (C=O) groups is 1. The molecule has 0 heterocycles. The molecule has 1 aromatic rings. The zero-order valence-electron chi connectivity index (χ0n) is 10.6. The van der Waals surface area contributed by atoms with E-state index < -0.39 is 18.7 Å². The summed E-state index contributed by atoms with van der Waals surface area (Å²) in [5.41, 5.74) is 0.379. The molecule has 1 rings (SSSR count). The van der Waals surface area contributed by atoms with Crippen LogP contribution in [0.5, 0.6) is 11.5 Å². The second-order valence-electron chi connectivity index (χ2n) is 3.65. The van der Waals surface area contributed by atoms with Crippen molar-refractivity contribution < 1.29 is 29.2 Å². The maximum atomic E-state index is 10.3. The Bertz CT molecular complexity index is 448. The fraction of sp³-hybridized carbons (Fsp3) is 0.417. The van der Waals surface area contributed by atoms with Crippen LogP contribution >= 0.6 is 11.6 Å². The fourth-order valence-corrected chi connectivity index (χ4v) is 1.75. The van der Waals surface area contributed by atoms with Crippen molar-refractivity contribution in [3.05, 3.63) is 22.7 Å². The Labute approximate surface area is 115 Å². The van der Waals surface area contributed by atoms with Gasteiger partial charge in [-0.2, -0.15) is 0 Å². The van der Waals surface area contributed by atoms with Gasteiger partial charge in [-0.25, -0.2) is 4.79 Å². The van der Waals surface area contributed by atoms with E-state index >= 15 is 0 Å². The van der Waals surface area contributed by atoms with Crippen LogP contribution in [-0.4, -0.2) is 43.6 Å². The van der Waals surface area contributed by atoms with E-state index in [1.54, 1.807) is 0 Å². The Kier molecular flexibility index (Phi) is 5.88. The van der Waals surface area contributed by atoms with Crippen LogP contribution in [-0.2, 0) is 9.53 Å². The zero-order valence-corrected chi connectivity index (χ0v) is 11.3. The van der Waals surface area contributed by atoms with Crippen LogP contribution in [0.15, 0.2) is 12.1 Å². The van der Waals surface area contributed by atoms with E-state index in [1.807, 2.05) is 0 Å². The molecule has 0 spiro atoms. The Balaban J connectivity index is 2.84. The lowest BCUT2D eigenvalue weighted by Gasteiger charge is -2.15. The minimum absolute atomic E-state index is 0.179. The molecule has 1 atom stereocenters. The number of halogens is 1. The molecular weight excluding hydrogens is 276 g/mol. The Morgan fingerprint density at radius 1 is 1.32 bits per heavy atom. The number of benzene rings is 1. The molecule has 0 aliphatic carbocycles. The average Bonchev–Trinajstić information content (AvgIpc) is 2.37. The van der Waals surface area contributed by atoms with Crippen LogP contribution in [0.25, 0.3) is 0 Å². The molecule has 0 aliphatic rings. The van der Waals surface area contributed by atoms with Gasteiger partial charge in [0.1, 0.15) is 12.7 Å². The highest BCUT2D eigenvalue weighted by Crippen LogP contribution is 2.35.